The summed E-state index contributed by atoms with van der Waals surface area (Å²) in [5.74, 6) is -1.38. The summed E-state index contributed by atoms with van der Waals surface area (Å²) >= 11 is 0. The van der Waals surface area contributed by atoms with Crippen LogP contribution in [-0.4, -0.2) is 35.5 Å². The molecule has 2 heterocycles. The molecule has 3 aromatic rings. The maximum absolute atomic E-state index is 12.0. The number of fused-ring (bicyclic) bond motifs is 3. The average Bonchev–Trinajstić information content (AvgIpc) is 3.33. The van der Waals surface area contributed by atoms with Crippen molar-refractivity contribution in [2.24, 2.45) is 0 Å². The topological polar surface area (TPSA) is 83.4 Å². The van der Waals surface area contributed by atoms with Crippen LogP contribution in [0.3, 0.4) is 0 Å². The van der Waals surface area contributed by atoms with Crippen molar-refractivity contribution in [1.29, 1.82) is 0 Å². The molecule has 2 aromatic carbocycles. The summed E-state index contributed by atoms with van der Waals surface area (Å²) in [5.41, 5.74) is 4.60. The van der Waals surface area contributed by atoms with Crippen molar-refractivity contribution >= 4 is 51.4 Å². The third-order valence-corrected chi connectivity index (χ3v) is 8.61. The predicted molar refractivity (Wildman–Crippen MR) is 183 cm³/mol. The van der Waals surface area contributed by atoms with Gasteiger partial charge in [-0.15, -0.1) is 0 Å². The lowest BCUT2D eigenvalue weighted by Gasteiger charge is -2.25. The van der Waals surface area contributed by atoms with E-state index in [4.69, 9.17) is 0 Å². The standard InChI is InChI=1S/C37H50N4O3/c1-4-7-9-11-13-15-24-40(25-16-14-12-10-8-5-2)29-21-23-34-32(27-29)31-26-28(20-22-33(31)41(34)6-3)18-17-19-30-35(42)38-37(44)39-36(30)43/h17-23,26-27H,4-16,24-25H2,1-3H3,(H2,38,39,42,43,44)/b18-17+. The van der Waals surface area contributed by atoms with Gasteiger partial charge in [0, 0.05) is 47.1 Å². The quantitative estimate of drug-likeness (QED) is 0.0872. The fraction of sp³-hybridized carbons (Fsp3) is 0.486. The van der Waals surface area contributed by atoms with Gasteiger partial charge in [-0.2, -0.15) is 0 Å². The van der Waals surface area contributed by atoms with E-state index in [1.54, 1.807) is 6.08 Å². The SMILES string of the molecule is CCCCCCCCN(CCCCCCCC)c1ccc2c(c1)c1cc(/C=C/C=C3C(=O)NC(=O)NC3=O)ccc1n2CC. The second kappa shape index (κ2) is 16.8. The first-order valence-electron chi connectivity index (χ1n) is 16.8. The highest BCUT2D eigenvalue weighted by atomic mass is 16.2. The fourth-order valence-electron chi connectivity index (χ4n) is 6.17. The number of imide groups is 2. The number of unbranched alkanes of at least 4 members (excludes halogenated alkanes) is 10. The summed E-state index contributed by atoms with van der Waals surface area (Å²) in [6, 6.07) is 12.5. The fourth-order valence-corrected chi connectivity index (χ4v) is 6.17. The lowest BCUT2D eigenvalue weighted by atomic mass is 10.1. The summed E-state index contributed by atoms with van der Waals surface area (Å²) in [7, 11) is 0. The molecule has 44 heavy (non-hydrogen) atoms. The maximum atomic E-state index is 12.0. The van der Waals surface area contributed by atoms with Crippen molar-refractivity contribution in [3.8, 4) is 0 Å². The zero-order valence-corrected chi connectivity index (χ0v) is 26.9. The monoisotopic (exact) mass is 598 g/mol. The molecular weight excluding hydrogens is 548 g/mol. The molecule has 2 N–H and O–H groups in total. The van der Waals surface area contributed by atoms with Crippen molar-refractivity contribution in [2.75, 3.05) is 18.0 Å². The number of urea groups is 1. The van der Waals surface area contributed by atoms with Gasteiger partial charge in [0.2, 0.25) is 0 Å². The number of anilines is 1. The third kappa shape index (κ3) is 8.61. The average molecular weight is 599 g/mol. The molecule has 0 aliphatic carbocycles. The third-order valence-electron chi connectivity index (χ3n) is 8.61. The van der Waals surface area contributed by atoms with Gasteiger partial charge in [-0.25, -0.2) is 4.79 Å². The van der Waals surface area contributed by atoms with Gasteiger partial charge in [0.1, 0.15) is 5.57 Å². The summed E-state index contributed by atoms with van der Waals surface area (Å²) < 4.78 is 2.36. The number of rotatable bonds is 18. The number of aromatic nitrogens is 1. The first kappa shape index (κ1) is 33.0. The highest BCUT2D eigenvalue weighted by Crippen LogP contribution is 2.33. The molecule has 0 atom stereocenters. The Morgan fingerprint density at radius 3 is 1.82 bits per heavy atom. The van der Waals surface area contributed by atoms with Crippen LogP contribution in [0.5, 0.6) is 0 Å². The summed E-state index contributed by atoms with van der Waals surface area (Å²) in [6.45, 7) is 9.78. The number of carbonyl (C=O) groups is 3. The zero-order valence-electron chi connectivity index (χ0n) is 26.9. The second-order valence-electron chi connectivity index (χ2n) is 11.9. The van der Waals surface area contributed by atoms with Crippen molar-refractivity contribution < 1.29 is 14.4 Å². The lowest BCUT2D eigenvalue weighted by molar-refractivity contribution is -0.124. The maximum Gasteiger partial charge on any atom is 0.328 e. The van der Waals surface area contributed by atoms with Gasteiger partial charge in [0.05, 0.1) is 0 Å². The number of allylic oxidation sites excluding steroid dienone is 2. The smallest absolute Gasteiger partial charge is 0.328 e. The number of barbiturate groups is 1. The first-order valence-corrected chi connectivity index (χ1v) is 16.8. The molecule has 0 bridgehead atoms. The molecule has 236 valence electrons. The van der Waals surface area contributed by atoms with E-state index < -0.39 is 17.8 Å². The number of hydrogen-bond donors (Lipinski definition) is 2. The Balaban J connectivity index is 1.58. The molecule has 0 saturated carbocycles. The molecule has 1 aliphatic rings. The predicted octanol–water partition coefficient (Wildman–Crippen LogP) is 8.65. The molecule has 0 radical (unpaired) electrons. The van der Waals surface area contributed by atoms with Gasteiger partial charge in [-0.1, -0.05) is 96.3 Å². The van der Waals surface area contributed by atoms with E-state index in [0.29, 0.717) is 0 Å². The van der Waals surface area contributed by atoms with Crippen molar-refractivity contribution in [3.05, 3.63) is 59.7 Å². The van der Waals surface area contributed by atoms with Crippen molar-refractivity contribution in [1.82, 2.24) is 15.2 Å². The summed E-state index contributed by atoms with van der Waals surface area (Å²) in [6.07, 6.45) is 20.6. The lowest BCUT2D eigenvalue weighted by Crippen LogP contribution is -2.51. The van der Waals surface area contributed by atoms with Crippen LogP contribution in [-0.2, 0) is 16.1 Å². The van der Waals surface area contributed by atoms with Crippen LogP contribution in [0, 0.1) is 0 Å². The Morgan fingerprint density at radius 1 is 0.682 bits per heavy atom. The first-order chi connectivity index (χ1) is 21.5. The number of benzene rings is 2. The number of carbonyl (C=O) groups excluding carboxylic acids is 3. The molecule has 1 fully saturated rings. The number of nitrogens with zero attached hydrogens (tertiary/aromatic N) is 2. The van der Waals surface area contributed by atoms with Crippen LogP contribution >= 0.6 is 0 Å². The molecule has 4 rings (SSSR count). The van der Waals surface area contributed by atoms with Crippen LogP contribution in [0.1, 0.15) is 103 Å². The molecule has 0 spiro atoms. The summed E-state index contributed by atoms with van der Waals surface area (Å²) in [5, 5.41) is 6.65. The highest BCUT2D eigenvalue weighted by Gasteiger charge is 2.27. The Morgan fingerprint density at radius 2 is 1.23 bits per heavy atom. The van der Waals surface area contributed by atoms with E-state index in [1.807, 2.05) is 6.08 Å². The molecule has 1 aromatic heterocycles. The summed E-state index contributed by atoms with van der Waals surface area (Å²) in [4.78, 5) is 38.0. The molecule has 7 nitrogen and oxygen atoms in total. The zero-order chi connectivity index (χ0) is 31.3. The van der Waals surface area contributed by atoms with Crippen LogP contribution in [0.2, 0.25) is 0 Å². The largest absolute Gasteiger partial charge is 0.372 e. The van der Waals surface area contributed by atoms with Crippen LogP contribution in [0.15, 0.2) is 54.1 Å². The Hall–Kier alpha value is -3.87. The van der Waals surface area contributed by atoms with E-state index in [2.05, 4.69) is 77.3 Å². The van der Waals surface area contributed by atoms with Gasteiger partial charge in [-0.3, -0.25) is 20.2 Å². The van der Waals surface area contributed by atoms with Gasteiger partial charge in [0.25, 0.3) is 11.8 Å². The number of aryl methyl sites for hydroxylation is 1. The highest BCUT2D eigenvalue weighted by molar-refractivity contribution is 6.29. The van der Waals surface area contributed by atoms with Gasteiger partial charge >= 0.3 is 6.03 Å². The number of nitrogens with one attached hydrogen (secondary N) is 2. The van der Waals surface area contributed by atoms with Crippen LogP contribution < -0.4 is 15.5 Å². The molecule has 0 unspecified atom stereocenters. The minimum absolute atomic E-state index is 0.0926. The molecule has 4 amide bonds. The number of hydrogen-bond acceptors (Lipinski definition) is 4. The van der Waals surface area contributed by atoms with Gasteiger partial charge in [0.15, 0.2) is 0 Å². The Labute approximate surface area is 262 Å². The molecule has 1 saturated heterocycles. The van der Waals surface area contributed by atoms with E-state index in [9.17, 15) is 14.4 Å². The van der Waals surface area contributed by atoms with Gasteiger partial charge in [-0.05, 0) is 61.7 Å². The second-order valence-corrected chi connectivity index (χ2v) is 11.9. The van der Waals surface area contributed by atoms with E-state index in [-0.39, 0.29) is 5.57 Å². The van der Waals surface area contributed by atoms with Crippen molar-refractivity contribution in [2.45, 2.75) is 104 Å². The molecular formula is C37H50N4O3. The Bertz CT molecular complexity index is 1460. The number of amides is 4. The van der Waals surface area contributed by atoms with E-state index in [0.717, 1.165) is 25.2 Å². The van der Waals surface area contributed by atoms with Gasteiger partial charge < -0.3 is 9.47 Å². The van der Waals surface area contributed by atoms with Crippen LogP contribution in [0.25, 0.3) is 27.9 Å². The Kier molecular flexibility index (Phi) is 12.6. The van der Waals surface area contributed by atoms with E-state index in [1.165, 1.54) is 111 Å². The normalized spacial score (nSPS) is 13.7. The minimum atomic E-state index is -0.796. The van der Waals surface area contributed by atoms with Crippen molar-refractivity contribution in [3.63, 3.8) is 0 Å². The molecule has 1 aliphatic heterocycles. The minimum Gasteiger partial charge on any atom is -0.372 e. The van der Waals surface area contributed by atoms with Crippen LogP contribution in [0.4, 0.5) is 10.5 Å². The molecule has 7 heteroatoms. The van der Waals surface area contributed by atoms with E-state index >= 15 is 0 Å².